The number of carbonyl (C=O) groups is 1. The zero-order valence-corrected chi connectivity index (χ0v) is 15.9. The van der Waals surface area contributed by atoms with Gasteiger partial charge in [-0.05, 0) is 31.5 Å². The van der Waals surface area contributed by atoms with Crippen molar-refractivity contribution in [3.05, 3.63) is 34.6 Å². The molecule has 6 nitrogen and oxygen atoms in total. The van der Waals surface area contributed by atoms with E-state index in [1.165, 1.54) is 5.56 Å². The monoisotopic (exact) mass is 362 g/mol. The van der Waals surface area contributed by atoms with Gasteiger partial charge in [-0.1, -0.05) is 43.7 Å². The van der Waals surface area contributed by atoms with Gasteiger partial charge in [0, 0.05) is 25.3 Å². The number of aryl methyl sites for hydroxylation is 1. The molecule has 0 saturated carbocycles. The van der Waals surface area contributed by atoms with Crippen molar-refractivity contribution in [1.29, 1.82) is 0 Å². The summed E-state index contributed by atoms with van der Waals surface area (Å²) < 4.78 is 7.65. The van der Waals surface area contributed by atoms with Gasteiger partial charge < -0.3 is 10.1 Å². The number of aromatic nitrogens is 3. The van der Waals surface area contributed by atoms with Gasteiger partial charge in [0.05, 0.1) is 0 Å². The van der Waals surface area contributed by atoms with Gasteiger partial charge in [-0.3, -0.25) is 14.5 Å². The fraction of sp³-hybridized carbons (Fsp3) is 0.500. The van der Waals surface area contributed by atoms with Crippen molar-refractivity contribution in [2.45, 2.75) is 33.7 Å². The van der Waals surface area contributed by atoms with Gasteiger partial charge in [-0.25, -0.2) is 0 Å². The molecule has 0 bridgehead atoms. The van der Waals surface area contributed by atoms with E-state index in [0.717, 1.165) is 18.6 Å². The predicted octanol–water partition coefficient (Wildman–Crippen LogP) is 3.10. The van der Waals surface area contributed by atoms with Crippen LogP contribution in [-0.4, -0.2) is 40.4 Å². The van der Waals surface area contributed by atoms with Crippen LogP contribution in [0.3, 0.4) is 0 Å². The molecule has 0 aliphatic carbocycles. The van der Waals surface area contributed by atoms with E-state index in [4.69, 9.17) is 17.0 Å². The molecule has 0 aliphatic rings. The summed E-state index contributed by atoms with van der Waals surface area (Å²) in [5, 5.41) is 9.91. The Hall–Kier alpha value is -1.99. The van der Waals surface area contributed by atoms with Gasteiger partial charge in [-0.15, -0.1) is 0 Å². The van der Waals surface area contributed by atoms with Crippen molar-refractivity contribution in [2.24, 2.45) is 5.92 Å². The lowest BCUT2D eigenvalue weighted by molar-refractivity contribution is -0.121. The number of aromatic amines is 1. The summed E-state index contributed by atoms with van der Waals surface area (Å²) in [6.07, 6.45) is 0.792. The van der Waals surface area contributed by atoms with Crippen LogP contribution in [0.2, 0.25) is 0 Å². The average Bonchev–Trinajstić information content (AvgIpc) is 2.92. The van der Waals surface area contributed by atoms with E-state index in [2.05, 4.69) is 29.4 Å². The van der Waals surface area contributed by atoms with E-state index in [0.29, 0.717) is 29.7 Å². The molecule has 25 heavy (non-hydrogen) atoms. The van der Waals surface area contributed by atoms with E-state index in [1.54, 1.807) is 4.57 Å². The normalized spacial score (nSPS) is 11.0. The Morgan fingerprint density at radius 3 is 2.76 bits per heavy atom. The number of carbonyl (C=O) groups excluding carboxylic acids is 1. The second-order valence-corrected chi connectivity index (χ2v) is 6.86. The third kappa shape index (κ3) is 6.10. The van der Waals surface area contributed by atoms with Crippen molar-refractivity contribution in [3.63, 3.8) is 0 Å². The van der Waals surface area contributed by atoms with Crippen LogP contribution >= 0.6 is 12.2 Å². The number of hydrogen-bond donors (Lipinski definition) is 2. The number of rotatable bonds is 9. The number of nitrogens with one attached hydrogen (secondary N) is 2. The lowest BCUT2D eigenvalue weighted by atomic mass is 10.1. The predicted molar refractivity (Wildman–Crippen MR) is 101 cm³/mol. The third-order valence-corrected chi connectivity index (χ3v) is 3.92. The SMILES string of the molecule is Cc1ccc(-c2n[nH]c(=S)n2CC(=O)NCCCOCC(C)C)cc1. The Labute approximate surface area is 153 Å². The molecule has 2 N–H and O–H groups in total. The highest BCUT2D eigenvalue weighted by molar-refractivity contribution is 7.71. The Morgan fingerprint density at radius 1 is 1.36 bits per heavy atom. The highest BCUT2D eigenvalue weighted by atomic mass is 32.1. The molecule has 1 amide bonds. The number of hydrogen-bond acceptors (Lipinski definition) is 4. The van der Waals surface area contributed by atoms with Crippen molar-refractivity contribution in [1.82, 2.24) is 20.1 Å². The van der Waals surface area contributed by atoms with Crippen LogP contribution in [0.5, 0.6) is 0 Å². The summed E-state index contributed by atoms with van der Waals surface area (Å²) in [5.41, 5.74) is 2.09. The Balaban J connectivity index is 1.88. The van der Waals surface area contributed by atoms with E-state index in [9.17, 15) is 4.79 Å². The van der Waals surface area contributed by atoms with Gasteiger partial charge in [0.2, 0.25) is 5.91 Å². The minimum absolute atomic E-state index is 0.0882. The molecule has 0 atom stereocenters. The molecular formula is C18H26N4O2S. The first-order valence-electron chi connectivity index (χ1n) is 8.54. The van der Waals surface area contributed by atoms with Crippen LogP contribution in [0.25, 0.3) is 11.4 Å². The molecule has 2 rings (SSSR count). The first kappa shape index (κ1) is 19.3. The minimum Gasteiger partial charge on any atom is -0.381 e. The summed E-state index contributed by atoms with van der Waals surface area (Å²) in [6, 6.07) is 7.96. The molecule has 0 radical (unpaired) electrons. The number of ether oxygens (including phenoxy) is 1. The second-order valence-electron chi connectivity index (χ2n) is 6.48. The summed E-state index contributed by atoms with van der Waals surface area (Å²) in [7, 11) is 0. The van der Waals surface area contributed by atoms with E-state index in [-0.39, 0.29) is 12.5 Å². The first-order valence-corrected chi connectivity index (χ1v) is 8.95. The molecule has 1 aromatic carbocycles. The number of nitrogens with zero attached hydrogens (tertiary/aromatic N) is 2. The van der Waals surface area contributed by atoms with Gasteiger partial charge in [0.1, 0.15) is 6.54 Å². The highest BCUT2D eigenvalue weighted by Gasteiger charge is 2.12. The van der Waals surface area contributed by atoms with Crippen molar-refractivity contribution in [3.8, 4) is 11.4 Å². The summed E-state index contributed by atoms with van der Waals surface area (Å²) in [5.74, 6) is 1.10. The van der Waals surface area contributed by atoms with E-state index >= 15 is 0 Å². The molecule has 0 fully saturated rings. The van der Waals surface area contributed by atoms with Crippen LogP contribution in [0.15, 0.2) is 24.3 Å². The molecule has 1 heterocycles. The smallest absolute Gasteiger partial charge is 0.240 e. The topological polar surface area (TPSA) is 71.9 Å². The summed E-state index contributed by atoms with van der Waals surface area (Å²) >= 11 is 5.26. The molecule has 0 spiro atoms. The van der Waals surface area contributed by atoms with Crippen LogP contribution in [0.1, 0.15) is 25.8 Å². The van der Waals surface area contributed by atoms with Crippen LogP contribution in [0, 0.1) is 17.6 Å². The summed E-state index contributed by atoms with van der Waals surface area (Å²) in [4.78, 5) is 12.2. The van der Waals surface area contributed by atoms with Gasteiger partial charge in [0.15, 0.2) is 10.6 Å². The third-order valence-electron chi connectivity index (χ3n) is 3.61. The van der Waals surface area contributed by atoms with Gasteiger partial charge in [-0.2, -0.15) is 5.10 Å². The molecular weight excluding hydrogens is 336 g/mol. The van der Waals surface area contributed by atoms with Crippen LogP contribution in [0.4, 0.5) is 0 Å². The summed E-state index contributed by atoms with van der Waals surface area (Å²) in [6.45, 7) is 8.38. The molecule has 2 aromatic rings. The van der Waals surface area contributed by atoms with Crippen molar-refractivity contribution >= 4 is 18.1 Å². The molecule has 136 valence electrons. The van der Waals surface area contributed by atoms with Gasteiger partial charge in [0.25, 0.3) is 0 Å². The molecule has 1 aromatic heterocycles. The van der Waals surface area contributed by atoms with Crippen LogP contribution < -0.4 is 5.32 Å². The van der Waals surface area contributed by atoms with E-state index in [1.807, 2.05) is 31.2 Å². The molecule has 0 aliphatic heterocycles. The maximum atomic E-state index is 12.2. The Kier molecular flexibility index (Phi) is 7.33. The standard InChI is InChI=1S/C18H26N4O2S/c1-13(2)12-24-10-4-9-19-16(23)11-22-17(20-21-18(22)25)15-7-5-14(3)6-8-15/h5-8,13H,4,9-12H2,1-3H3,(H,19,23)(H,21,25). The number of amides is 1. The Bertz CT molecular complexity index is 734. The van der Waals surface area contributed by atoms with Crippen molar-refractivity contribution in [2.75, 3.05) is 19.8 Å². The fourth-order valence-corrected chi connectivity index (χ4v) is 2.50. The lowest BCUT2D eigenvalue weighted by Gasteiger charge is -2.09. The van der Waals surface area contributed by atoms with Gasteiger partial charge >= 0.3 is 0 Å². The minimum atomic E-state index is -0.0882. The number of benzene rings is 1. The molecule has 7 heteroatoms. The number of H-pyrrole nitrogens is 1. The second kappa shape index (κ2) is 9.48. The van der Waals surface area contributed by atoms with Crippen molar-refractivity contribution < 1.29 is 9.53 Å². The lowest BCUT2D eigenvalue weighted by Crippen LogP contribution is -2.29. The molecule has 0 unspecified atom stereocenters. The molecule has 0 saturated heterocycles. The first-order chi connectivity index (χ1) is 12.0. The maximum absolute atomic E-state index is 12.2. The quantitative estimate of drug-likeness (QED) is 0.531. The fourth-order valence-electron chi connectivity index (χ4n) is 2.31. The van der Waals surface area contributed by atoms with E-state index < -0.39 is 0 Å². The highest BCUT2D eigenvalue weighted by Crippen LogP contribution is 2.17. The largest absolute Gasteiger partial charge is 0.381 e. The Morgan fingerprint density at radius 2 is 2.08 bits per heavy atom. The average molecular weight is 362 g/mol. The van der Waals surface area contributed by atoms with Crippen LogP contribution in [-0.2, 0) is 16.1 Å². The zero-order valence-electron chi connectivity index (χ0n) is 15.0. The zero-order chi connectivity index (χ0) is 18.2. The maximum Gasteiger partial charge on any atom is 0.240 e.